The molecule has 1 heterocycles. The Balaban J connectivity index is 2.10. The summed E-state index contributed by atoms with van der Waals surface area (Å²) < 4.78 is 18.9. The number of hydrogen-bond acceptors (Lipinski definition) is 3. The summed E-state index contributed by atoms with van der Waals surface area (Å²) in [6, 6.07) is 4.27. The van der Waals surface area contributed by atoms with Crippen molar-refractivity contribution in [2.24, 2.45) is 0 Å². The molecule has 0 spiro atoms. The topological polar surface area (TPSA) is 49.8 Å². The zero-order valence-electron chi connectivity index (χ0n) is 11.9. The lowest BCUT2D eigenvalue weighted by atomic mass is 9.94. The molecule has 0 bridgehead atoms. The van der Waals surface area contributed by atoms with Crippen molar-refractivity contribution >= 4 is 5.97 Å². The van der Waals surface area contributed by atoms with Crippen LogP contribution in [0.2, 0.25) is 0 Å². The number of hydrogen-bond donors (Lipinski definition) is 1. The Labute approximate surface area is 118 Å². The molecule has 2 rings (SSSR count). The van der Waals surface area contributed by atoms with Crippen LogP contribution in [-0.4, -0.2) is 41.8 Å². The van der Waals surface area contributed by atoms with Crippen LogP contribution in [0.3, 0.4) is 0 Å². The number of nitrogens with zero attached hydrogens (tertiary/aromatic N) is 1. The van der Waals surface area contributed by atoms with Crippen LogP contribution in [-0.2, 0) is 11.3 Å². The maximum atomic E-state index is 13.4. The van der Waals surface area contributed by atoms with Crippen LogP contribution >= 0.6 is 0 Å². The van der Waals surface area contributed by atoms with Crippen molar-refractivity contribution in [3.05, 3.63) is 35.1 Å². The Morgan fingerprint density at radius 3 is 2.95 bits per heavy atom. The Hall–Kier alpha value is -1.46. The quantitative estimate of drug-likeness (QED) is 0.921. The summed E-state index contributed by atoms with van der Waals surface area (Å²) in [5.74, 6) is -1.92. The number of ether oxygens (including phenoxy) is 1. The van der Waals surface area contributed by atoms with Gasteiger partial charge in [-0.3, -0.25) is 4.90 Å². The molecule has 1 unspecified atom stereocenters. The van der Waals surface area contributed by atoms with Crippen molar-refractivity contribution in [3.8, 4) is 0 Å². The average molecular weight is 281 g/mol. The molecule has 1 aromatic carbocycles. The molecule has 1 aliphatic heterocycles. The number of methoxy groups -OCH3 is 1. The maximum Gasteiger partial charge on any atom is 0.338 e. The van der Waals surface area contributed by atoms with Crippen LogP contribution in [0.15, 0.2) is 18.2 Å². The first-order valence-corrected chi connectivity index (χ1v) is 6.73. The van der Waals surface area contributed by atoms with E-state index in [-0.39, 0.29) is 11.2 Å². The van der Waals surface area contributed by atoms with Gasteiger partial charge in [-0.05, 0) is 44.0 Å². The number of piperidine rings is 1. The van der Waals surface area contributed by atoms with Crippen LogP contribution < -0.4 is 0 Å². The maximum absolute atomic E-state index is 13.4. The second kappa shape index (κ2) is 5.89. The minimum Gasteiger partial charge on any atom is -0.478 e. The lowest BCUT2D eigenvalue weighted by molar-refractivity contribution is -0.0527. The fourth-order valence-corrected chi connectivity index (χ4v) is 2.70. The second-order valence-electron chi connectivity index (χ2n) is 5.59. The first-order chi connectivity index (χ1) is 9.43. The average Bonchev–Trinajstić information content (AvgIpc) is 2.41. The minimum atomic E-state index is -1.23. The van der Waals surface area contributed by atoms with Crippen molar-refractivity contribution in [1.29, 1.82) is 0 Å². The van der Waals surface area contributed by atoms with Gasteiger partial charge in [-0.15, -0.1) is 0 Å². The van der Waals surface area contributed by atoms with Crippen molar-refractivity contribution in [2.75, 3.05) is 20.2 Å². The largest absolute Gasteiger partial charge is 0.478 e. The number of likely N-dealkylation sites (tertiary alicyclic amines) is 1. The summed E-state index contributed by atoms with van der Waals surface area (Å²) in [5.41, 5.74) is 0.381. The SMILES string of the molecule is COC1(C)CCCN(Cc2ccc(F)c(C(=O)O)c2)C1. The third-order valence-electron chi connectivity index (χ3n) is 3.90. The Morgan fingerprint density at radius 2 is 2.30 bits per heavy atom. The van der Waals surface area contributed by atoms with E-state index in [0.717, 1.165) is 31.5 Å². The zero-order valence-corrected chi connectivity index (χ0v) is 11.9. The van der Waals surface area contributed by atoms with E-state index in [2.05, 4.69) is 11.8 Å². The van der Waals surface area contributed by atoms with Crippen molar-refractivity contribution < 1.29 is 19.0 Å². The highest BCUT2D eigenvalue weighted by Gasteiger charge is 2.30. The molecule has 20 heavy (non-hydrogen) atoms. The van der Waals surface area contributed by atoms with E-state index in [0.29, 0.717) is 6.54 Å². The summed E-state index contributed by atoms with van der Waals surface area (Å²) >= 11 is 0. The van der Waals surface area contributed by atoms with Gasteiger partial charge < -0.3 is 9.84 Å². The smallest absolute Gasteiger partial charge is 0.338 e. The monoisotopic (exact) mass is 281 g/mol. The highest BCUT2D eigenvalue weighted by atomic mass is 19.1. The zero-order chi connectivity index (χ0) is 14.8. The van der Waals surface area contributed by atoms with E-state index in [1.807, 2.05) is 0 Å². The lowest BCUT2D eigenvalue weighted by Gasteiger charge is -2.39. The van der Waals surface area contributed by atoms with Gasteiger partial charge in [-0.25, -0.2) is 9.18 Å². The molecule has 1 atom stereocenters. The molecule has 1 fully saturated rings. The molecule has 0 amide bonds. The summed E-state index contributed by atoms with van der Waals surface area (Å²) in [6.07, 6.45) is 2.06. The molecule has 4 nitrogen and oxygen atoms in total. The molecule has 1 saturated heterocycles. The highest BCUT2D eigenvalue weighted by molar-refractivity contribution is 5.88. The second-order valence-corrected chi connectivity index (χ2v) is 5.59. The molecule has 1 aromatic rings. The fourth-order valence-electron chi connectivity index (χ4n) is 2.70. The predicted octanol–water partition coefficient (Wildman–Crippen LogP) is 2.52. The van der Waals surface area contributed by atoms with Gasteiger partial charge in [0.1, 0.15) is 5.82 Å². The van der Waals surface area contributed by atoms with Crippen LogP contribution in [0.4, 0.5) is 4.39 Å². The number of carboxylic acids is 1. The van der Waals surface area contributed by atoms with E-state index in [1.54, 1.807) is 13.2 Å². The number of halogens is 1. The molecule has 0 saturated carbocycles. The summed E-state index contributed by atoms with van der Waals surface area (Å²) in [5, 5.41) is 8.94. The van der Waals surface area contributed by atoms with Crippen LogP contribution in [0.25, 0.3) is 0 Å². The normalized spacial score (nSPS) is 23.8. The van der Waals surface area contributed by atoms with E-state index in [9.17, 15) is 9.18 Å². The molecule has 110 valence electrons. The first kappa shape index (κ1) is 14.9. The Morgan fingerprint density at radius 1 is 1.55 bits per heavy atom. The predicted molar refractivity (Wildman–Crippen MR) is 73.3 cm³/mol. The molecule has 1 N–H and O–H groups in total. The van der Waals surface area contributed by atoms with Crippen LogP contribution in [0, 0.1) is 5.82 Å². The van der Waals surface area contributed by atoms with E-state index in [1.165, 1.54) is 12.1 Å². The molecule has 1 aliphatic rings. The lowest BCUT2D eigenvalue weighted by Crippen LogP contribution is -2.46. The number of benzene rings is 1. The first-order valence-electron chi connectivity index (χ1n) is 6.73. The van der Waals surface area contributed by atoms with Gasteiger partial charge in [-0.1, -0.05) is 6.07 Å². The number of rotatable bonds is 4. The molecule has 5 heteroatoms. The van der Waals surface area contributed by atoms with Gasteiger partial charge in [0, 0.05) is 20.2 Å². The summed E-state index contributed by atoms with van der Waals surface area (Å²) in [7, 11) is 1.71. The number of aromatic carboxylic acids is 1. The van der Waals surface area contributed by atoms with Gasteiger partial charge in [0.05, 0.1) is 11.2 Å². The summed E-state index contributed by atoms with van der Waals surface area (Å²) in [6.45, 7) is 4.42. The van der Waals surface area contributed by atoms with Gasteiger partial charge in [0.2, 0.25) is 0 Å². The molecule has 0 radical (unpaired) electrons. The third kappa shape index (κ3) is 3.35. The van der Waals surface area contributed by atoms with E-state index >= 15 is 0 Å². The molecule has 0 aliphatic carbocycles. The van der Waals surface area contributed by atoms with Crippen molar-refractivity contribution in [3.63, 3.8) is 0 Å². The van der Waals surface area contributed by atoms with E-state index in [4.69, 9.17) is 9.84 Å². The van der Waals surface area contributed by atoms with Gasteiger partial charge >= 0.3 is 5.97 Å². The van der Waals surface area contributed by atoms with Crippen molar-refractivity contribution in [1.82, 2.24) is 4.90 Å². The Bertz CT molecular complexity index is 506. The molecular formula is C15H20FNO3. The van der Waals surface area contributed by atoms with Gasteiger partial charge in [0.15, 0.2) is 0 Å². The van der Waals surface area contributed by atoms with Crippen LogP contribution in [0.5, 0.6) is 0 Å². The standard InChI is InChI=1S/C15H20FNO3/c1-15(20-2)6-3-7-17(10-15)9-11-4-5-13(16)12(8-11)14(18)19/h4-5,8H,3,6-7,9-10H2,1-2H3,(H,18,19). The van der Waals surface area contributed by atoms with Crippen molar-refractivity contribution in [2.45, 2.75) is 31.9 Å². The van der Waals surface area contributed by atoms with Gasteiger partial charge in [0.25, 0.3) is 0 Å². The summed E-state index contributed by atoms with van der Waals surface area (Å²) in [4.78, 5) is 13.2. The van der Waals surface area contributed by atoms with Gasteiger partial charge in [-0.2, -0.15) is 0 Å². The third-order valence-corrected chi connectivity index (χ3v) is 3.90. The van der Waals surface area contributed by atoms with Crippen LogP contribution in [0.1, 0.15) is 35.7 Å². The molecular weight excluding hydrogens is 261 g/mol. The highest BCUT2D eigenvalue weighted by Crippen LogP contribution is 2.25. The fraction of sp³-hybridized carbons (Fsp3) is 0.533. The number of carbonyl (C=O) groups is 1. The molecule has 0 aromatic heterocycles. The van der Waals surface area contributed by atoms with E-state index < -0.39 is 11.8 Å². The minimum absolute atomic E-state index is 0.159. The number of carboxylic acid groups (broad SMARTS) is 1. The Kier molecular flexibility index (Phi) is 4.40.